The van der Waals surface area contributed by atoms with Gasteiger partial charge in [0, 0.05) is 18.9 Å². The van der Waals surface area contributed by atoms with E-state index in [0.717, 1.165) is 16.9 Å². The van der Waals surface area contributed by atoms with Crippen LogP contribution in [0.1, 0.15) is 34.5 Å². The molecule has 28 heavy (non-hydrogen) atoms. The lowest BCUT2D eigenvalue weighted by atomic mass is 10.1. The molecule has 1 unspecified atom stereocenters. The first-order chi connectivity index (χ1) is 13.7. The molecule has 0 fully saturated rings. The van der Waals surface area contributed by atoms with Crippen LogP contribution in [-0.4, -0.2) is 22.7 Å². The van der Waals surface area contributed by atoms with Crippen molar-refractivity contribution in [2.45, 2.75) is 19.5 Å². The molecule has 0 spiro atoms. The Morgan fingerprint density at radius 3 is 2.61 bits per heavy atom. The Balaban J connectivity index is 1.33. The van der Waals surface area contributed by atoms with Crippen molar-refractivity contribution in [3.05, 3.63) is 77.6 Å². The zero-order valence-electron chi connectivity index (χ0n) is 15.4. The molecule has 1 atom stereocenters. The highest BCUT2D eigenvalue weighted by atomic mass is 16.7. The second-order valence-electron chi connectivity index (χ2n) is 6.44. The van der Waals surface area contributed by atoms with Gasteiger partial charge in [-0.15, -0.1) is 0 Å². The number of anilines is 1. The smallest absolute Gasteiger partial charge is 0.254 e. The van der Waals surface area contributed by atoms with Crippen LogP contribution in [0.25, 0.3) is 0 Å². The lowest BCUT2D eigenvalue weighted by Crippen LogP contribution is -2.23. The number of benzene rings is 2. The van der Waals surface area contributed by atoms with E-state index in [0.29, 0.717) is 23.8 Å². The van der Waals surface area contributed by atoms with E-state index < -0.39 is 0 Å². The third-order valence-electron chi connectivity index (χ3n) is 4.45. The molecule has 4 rings (SSSR count). The number of rotatable bonds is 6. The van der Waals surface area contributed by atoms with Gasteiger partial charge in [-0.05, 0) is 30.2 Å². The van der Waals surface area contributed by atoms with Crippen LogP contribution in [0, 0.1) is 0 Å². The van der Waals surface area contributed by atoms with E-state index in [1.165, 1.54) is 12.4 Å². The van der Waals surface area contributed by atoms with E-state index >= 15 is 0 Å². The summed E-state index contributed by atoms with van der Waals surface area (Å²) in [6.07, 6.45) is 3.03. The average Bonchev–Trinajstić information content (AvgIpc) is 3.21. The van der Waals surface area contributed by atoms with Gasteiger partial charge in [-0.3, -0.25) is 4.79 Å². The summed E-state index contributed by atoms with van der Waals surface area (Å²) in [5.41, 5.74) is 2.46. The summed E-state index contributed by atoms with van der Waals surface area (Å²) in [5.74, 6) is 1.65. The number of aromatic nitrogens is 2. The minimum absolute atomic E-state index is 0.0619. The Bertz CT molecular complexity index is 961. The highest BCUT2D eigenvalue weighted by Gasteiger charge is 2.14. The molecule has 1 amide bonds. The van der Waals surface area contributed by atoms with Crippen LogP contribution < -0.4 is 20.1 Å². The van der Waals surface area contributed by atoms with Crippen molar-refractivity contribution in [1.29, 1.82) is 0 Å². The van der Waals surface area contributed by atoms with E-state index in [2.05, 4.69) is 20.6 Å². The summed E-state index contributed by atoms with van der Waals surface area (Å²) < 4.78 is 10.6. The van der Waals surface area contributed by atoms with Gasteiger partial charge < -0.3 is 20.1 Å². The molecule has 0 saturated carbocycles. The fourth-order valence-corrected chi connectivity index (χ4v) is 2.87. The zero-order valence-corrected chi connectivity index (χ0v) is 15.4. The Kier molecular flexibility index (Phi) is 5.05. The molecule has 2 aromatic carbocycles. The molecule has 7 heteroatoms. The minimum atomic E-state index is -0.236. The monoisotopic (exact) mass is 376 g/mol. The summed E-state index contributed by atoms with van der Waals surface area (Å²) in [6.45, 7) is 2.64. The molecule has 2 heterocycles. The Hall–Kier alpha value is -3.61. The number of hydrogen-bond acceptors (Lipinski definition) is 6. The number of carbonyl (C=O) groups is 1. The predicted molar refractivity (Wildman–Crippen MR) is 104 cm³/mol. The van der Waals surface area contributed by atoms with Gasteiger partial charge in [0.15, 0.2) is 11.5 Å². The maximum absolute atomic E-state index is 12.3. The molecule has 7 nitrogen and oxygen atoms in total. The highest BCUT2D eigenvalue weighted by Crippen LogP contribution is 2.32. The molecule has 142 valence electrons. The first-order valence-corrected chi connectivity index (χ1v) is 8.99. The Morgan fingerprint density at radius 2 is 1.82 bits per heavy atom. The number of hydrogen-bond donors (Lipinski definition) is 2. The number of amides is 1. The van der Waals surface area contributed by atoms with E-state index in [9.17, 15) is 4.79 Å². The van der Waals surface area contributed by atoms with Crippen LogP contribution in [0.5, 0.6) is 11.5 Å². The van der Waals surface area contributed by atoms with Gasteiger partial charge in [0.05, 0.1) is 11.6 Å². The lowest BCUT2D eigenvalue weighted by Gasteiger charge is -2.14. The standard InChI is InChI=1S/C21H20N4O3/c1-14(16-5-3-2-4-6-16)25-21-23-11-17(12-24-21)20(26)22-10-15-7-8-18-19(9-15)28-13-27-18/h2-9,11-12,14H,10,13H2,1H3,(H,22,26)(H,23,24,25). The normalized spacial score (nSPS) is 13.0. The molecular formula is C21H20N4O3. The van der Waals surface area contributed by atoms with E-state index in [4.69, 9.17) is 9.47 Å². The summed E-state index contributed by atoms with van der Waals surface area (Å²) in [6, 6.07) is 15.7. The van der Waals surface area contributed by atoms with Crippen LogP contribution >= 0.6 is 0 Å². The van der Waals surface area contributed by atoms with Crippen molar-refractivity contribution < 1.29 is 14.3 Å². The number of nitrogens with zero attached hydrogens (tertiary/aromatic N) is 2. The van der Waals surface area contributed by atoms with Gasteiger partial charge in [0.2, 0.25) is 12.7 Å². The van der Waals surface area contributed by atoms with Crippen molar-refractivity contribution in [2.75, 3.05) is 12.1 Å². The number of fused-ring (bicyclic) bond motifs is 1. The molecular weight excluding hydrogens is 356 g/mol. The largest absolute Gasteiger partial charge is 0.454 e. The number of ether oxygens (including phenoxy) is 2. The van der Waals surface area contributed by atoms with Crippen molar-refractivity contribution in [2.24, 2.45) is 0 Å². The van der Waals surface area contributed by atoms with Crippen molar-refractivity contribution >= 4 is 11.9 Å². The molecule has 1 aromatic heterocycles. The van der Waals surface area contributed by atoms with E-state index in [1.807, 2.05) is 55.5 Å². The summed E-state index contributed by atoms with van der Waals surface area (Å²) in [4.78, 5) is 20.8. The molecule has 0 bridgehead atoms. The minimum Gasteiger partial charge on any atom is -0.454 e. The van der Waals surface area contributed by atoms with E-state index in [-0.39, 0.29) is 18.7 Å². The van der Waals surface area contributed by atoms with Crippen molar-refractivity contribution in [3.63, 3.8) is 0 Å². The Labute approximate surface area is 162 Å². The maximum atomic E-state index is 12.3. The van der Waals surface area contributed by atoms with Gasteiger partial charge in [0.25, 0.3) is 5.91 Å². The molecule has 3 aromatic rings. The van der Waals surface area contributed by atoms with Crippen molar-refractivity contribution in [1.82, 2.24) is 15.3 Å². The first-order valence-electron chi connectivity index (χ1n) is 8.99. The fourth-order valence-electron chi connectivity index (χ4n) is 2.87. The topological polar surface area (TPSA) is 85.4 Å². The summed E-state index contributed by atoms with van der Waals surface area (Å²) in [5, 5.41) is 6.08. The van der Waals surface area contributed by atoms with Gasteiger partial charge in [-0.1, -0.05) is 36.4 Å². The molecule has 2 N–H and O–H groups in total. The zero-order chi connectivity index (χ0) is 19.3. The molecule has 0 saturated heterocycles. The number of carbonyl (C=O) groups excluding carboxylic acids is 1. The molecule has 1 aliphatic rings. The van der Waals surface area contributed by atoms with Crippen LogP contribution in [-0.2, 0) is 6.54 Å². The first kappa shape index (κ1) is 17.8. The van der Waals surface area contributed by atoms with E-state index in [1.54, 1.807) is 0 Å². The predicted octanol–water partition coefficient (Wildman–Crippen LogP) is 3.31. The van der Waals surface area contributed by atoms with Crippen molar-refractivity contribution in [3.8, 4) is 11.5 Å². The van der Waals surface area contributed by atoms with Gasteiger partial charge in [0.1, 0.15) is 0 Å². The number of nitrogens with one attached hydrogen (secondary N) is 2. The molecule has 0 radical (unpaired) electrons. The quantitative estimate of drug-likeness (QED) is 0.687. The third-order valence-corrected chi connectivity index (χ3v) is 4.45. The third kappa shape index (κ3) is 4.03. The van der Waals surface area contributed by atoms with Crippen LogP contribution in [0.4, 0.5) is 5.95 Å². The summed E-state index contributed by atoms with van der Waals surface area (Å²) in [7, 11) is 0. The summed E-state index contributed by atoms with van der Waals surface area (Å²) >= 11 is 0. The average molecular weight is 376 g/mol. The molecule has 0 aliphatic carbocycles. The van der Waals surface area contributed by atoms with Crippen LogP contribution in [0.15, 0.2) is 60.9 Å². The highest BCUT2D eigenvalue weighted by molar-refractivity contribution is 5.93. The lowest BCUT2D eigenvalue weighted by molar-refractivity contribution is 0.0950. The Morgan fingerprint density at radius 1 is 1.07 bits per heavy atom. The maximum Gasteiger partial charge on any atom is 0.254 e. The van der Waals surface area contributed by atoms with Gasteiger partial charge in [-0.25, -0.2) is 9.97 Å². The SMILES string of the molecule is CC(Nc1ncc(C(=O)NCc2ccc3c(c2)OCO3)cn1)c1ccccc1. The van der Waals surface area contributed by atoms with Crippen LogP contribution in [0.2, 0.25) is 0 Å². The fraction of sp³-hybridized carbons (Fsp3) is 0.190. The second-order valence-corrected chi connectivity index (χ2v) is 6.44. The van der Waals surface area contributed by atoms with Crippen LogP contribution in [0.3, 0.4) is 0 Å². The van der Waals surface area contributed by atoms with Gasteiger partial charge >= 0.3 is 0 Å². The van der Waals surface area contributed by atoms with Gasteiger partial charge in [-0.2, -0.15) is 0 Å². The second kappa shape index (κ2) is 7.96. The molecule has 1 aliphatic heterocycles.